The molecule has 0 fully saturated rings. The predicted molar refractivity (Wildman–Crippen MR) is 119 cm³/mol. The van der Waals surface area contributed by atoms with Crippen molar-refractivity contribution in [2.45, 2.75) is 38.3 Å². The molecule has 2 heterocycles. The lowest BCUT2D eigenvalue weighted by molar-refractivity contribution is -0.153. The van der Waals surface area contributed by atoms with Crippen LogP contribution in [0.5, 0.6) is 0 Å². The summed E-state index contributed by atoms with van der Waals surface area (Å²) in [5, 5.41) is 27.4. The molecule has 6 nitrogen and oxygen atoms in total. The largest absolute Gasteiger partial charge is 0.380 e. The van der Waals surface area contributed by atoms with Crippen molar-refractivity contribution in [3.63, 3.8) is 0 Å². The van der Waals surface area contributed by atoms with E-state index in [4.69, 9.17) is 0 Å². The molecule has 3 aromatic rings. The standard InChI is InChI=1S/C24H24N2O4S/c1-15(16-6-8-17(9-7-16)20-10-11-31-14-20)25-23(29)21(27)22(28)24(30)26-12-18-4-2-3-5-19(18)13-26/h2-11,14-15,21-22,27-28H,12-13H2,1H3,(H,25,29)/t15-,21?,22-/m1/s1. The van der Waals surface area contributed by atoms with E-state index in [1.165, 1.54) is 4.90 Å². The molecule has 4 rings (SSSR count). The molecule has 0 aliphatic carbocycles. The van der Waals surface area contributed by atoms with E-state index < -0.39 is 30.1 Å². The smallest absolute Gasteiger partial charge is 0.255 e. The molecule has 1 aliphatic heterocycles. The molecule has 0 saturated heterocycles. The number of aliphatic hydroxyl groups is 2. The number of carbonyl (C=O) groups is 2. The first-order valence-corrected chi connectivity index (χ1v) is 11.0. The van der Waals surface area contributed by atoms with Crippen molar-refractivity contribution in [2.75, 3.05) is 0 Å². The Hall–Kier alpha value is -3.00. The van der Waals surface area contributed by atoms with E-state index in [2.05, 4.69) is 10.7 Å². The zero-order chi connectivity index (χ0) is 22.0. The van der Waals surface area contributed by atoms with Crippen LogP contribution in [0.15, 0.2) is 65.4 Å². The third kappa shape index (κ3) is 4.54. The highest BCUT2D eigenvalue weighted by molar-refractivity contribution is 7.08. The number of rotatable bonds is 6. The quantitative estimate of drug-likeness (QED) is 0.554. The fraction of sp³-hybridized carbons (Fsp3) is 0.250. The van der Waals surface area contributed by atoms with Crippen LogP contribution in [0.2, 0.25) is 0 Å². The number of thiophene rings is 1. The number of aliphatic hydroxyl groups excluding tert-OH is 2. The Morgan fingerprint density at radius 2 is 1.58 bits per heavy atom. The molecule has 1 unspecified atom stereocenters. The average molecular weight is 437 g/mol. The van der Waals surface area contributed by atoms with Gasteiger partial charge in [0.25, 0.3) is 11.8 Å². The van der Waals surface area contributed by atoms with Crippen molar-refractivity contribution in [2.24, 2.45) is 0 Å². The van der Waals surface area contributed by atoms with E-state index in [9.17, 15) is 19.8 Å². The van der Waals surface area contributed by atoms with Crippen LogP contribution in [0.25, 0.3) is 11.1 Å². The number of hydrogen-bond donors (Lipinski definition) is 3. The normalized spacial score (nSPS) is 15.8. The van der Waals surface area contributed by atoms with Gasteiger partial charge in [-0.25, -0.2) is 0 Å². The minimum atomic E-state index is -1.84. The maximum absolute atomic E-state index is 12.6. The summed E-state index contributed by atoms with van der Waals surface area (Å²) in [7, 11) is 0. The van der Waals surface area contributed by atoms with E-state index in [0.29, 0.717) is 13.1 Å². The first-order valence-electron chi connectivity index (χ1n) is 10.1. The van der Waals surface area contributed by atoms with Crippen molar-refractivity contribution < 1.29 is 19.8 Å². The van der Waals surface area contributed by atoms with Crippen LogP contribution < -0.4 is 5.32 Å². The zero-order valence-corrected chi connectivity index (χ0v) is 17.9. The lowest BCUT2D eigenvalue weighted by atomic mass is 10.0. The number of nitrogens with zero attached hydrogens (tertiary/aromatic N) is 1. The monoisotopic (exact) mass is 436 g/mol. The summed E-state index contributed by atoms with van der Waals surface area (Å²) in [4.78, 5) is 26.5. The second-order valence-electron chi connectivity index (χ2n) is 7.72. The average Bonchev–Trinajstić information content (AvgIpc) is 3.47. The summed E-state index contributed by atoms with van der Waals surface area (Å²) in [5.41, 5.74) is 5.07. The maximum atomic E-state index is 12.6. The van der Waals surface area contributed by atoms with Gasteiger partial charge in [0, 0.05) is 13.1 Å². The van der Waals surface area contributed by atoms with Crippen molar-refractivity contribution in [1.29, 1.82) is 0 Å². The highest BCUT2D eigenvalue weighted by Gasteiger charge is 2.35. The van der Waals surface area contributed by atoms with Gasteiger partial charge in [0.05, 0.1) is 6.04 Å². The van der Waals surface area contributed by atoms with Gasteiger partial charge in [-0.15, -0.1) is 0 Å². The lowest BCUT2D eigenvalue weighted by Gasteiger charge is -2.24. The molecule has 0 radical (unpaired) electrons. The first kappa shape index (κ1) is 21.2. The van der Waals surface area contributed by atoms with E-state index in [1.807, 2.05) is 60.0 Å². The second kappa shape index (κ2) is 9.01. The summed E-state index contributed by atoms with van der Waals surface area (Å²) < 4.78 is 0. The van der Waals surface area contributed by atoms with Crippen LogP contribution in [0, 0.1) is 0 Å². The van der Waals surface area contributed by atoms with E-state index in [1.54, 1.807) is 18.3 Å². The van der Waals surface area contributed by atoms with E-state index in [-0.39, 0.29) is 0 Å². The highest BCUT2D eigenvalue weighted by atomic mass is 32.1. The van der Waals surface area contributed by atoms with Gasteiger partial charge in [0.1, 0.15) is 0 Å². The SMILES string of the molecule is C[C@@H](NC(=O)C(O)[C@@H](O)C(=O)N1Cc2ccccc2C1)c1ccc(-c2ccsc2)cc1. The Morgan fingerprint density at radius 1 is 0.935 bits per heavy atom. The van der Waals surface area contributed by atoms with Gasteiger partial charge in [-0.1, -0.05) is 48.5 Å². The molecule has 7 heteroatoms. The molecule has 1 aliphatic rings. The van der Waals surface area contributed by atoms with Crippen LogP contribution in [0.1, 0.15) is 29.7 Å². The molecule has 0 saturated carbocycles. The minimum Gasteiger partial charge on any atom is -0.380 e. The maximum Gasteiger partial charge on any atom is 0.255 e. The predicted octanol–water partition coefficient (Wildman–Crippen LogP) is 2.86. The van der Waals surface area contributed by atoms with Crippen LogP contribution in [-0.2, 0) is 22.7 Å². The van der Waals surface area contributed by atoms with Gasteiger partial charge in [0.15, 0.2) is 12.2 Å². The Kier molecular flexibility index (Phi) is 6.18. The van der Waals surface area contributed by atoms with Crippen LogP contribution in [0.3, 0.4) is 0 Å². The fourth-order valence-electron chi connectivity index (χ4n) is 3.73. The summed E-state index contributed by atoms with van der Waals surface area (Å²) in [6.45, 7) is 2.50. The zero-order valence-electron chi connectivity index (χ0n) is 17.1. The molecule has 1 aromatic heterocycles. The van der Waals surface area contributed by atoms with Gasteiger partial charge in [-0.3, -0.25) is 9.59 Å². The van der Waals surface area contributed by atoms with Crippen LogP contribution in [0.4, 0.5) is 0 Å². The number of nitrogens with one attached hydrogen (secondary N) is 1. The van der Waals surface area contributed by atoms with Gasteiger partial charge in [-0.05, 0) is 51.6 Å². The van der Waals surface area contributed by atoms with Gasteiger partial charge >= 0.3 is 0 Å². The molecular weight excluding hydrogens is 412 g/mol. The number of carbonyl (C=O) groups excluding carboxylic acids is 2. The van der Waals surface area contributed by atoms with E-state index >= 15 is 0 Å². The van der Waals surface area contributed by atoms with Crippen molar-refractivity contribution in [3.8, 4) is 11.1 Å². The molecule has 0 bridgehead atoms. The third-order valence-corrected chi connectivity index (χ3v) is 6.28. The highest BCUT2D eigenvalue weighted by Crippen LogP contribution is 2.25. The first-order chi connectivity index (χ1) is 14.9. The summed E-state index contributed by atoms with van der Waals surface area (Å²) >= 11 is 1.63. The molecular formula is C24H24N2O4S. The van der Waals surface area contributed by atoms with Gasteiger partial charge < -0.3 is 20.4 Å². The van der Waals surface area contributed by atoms with Crippen LogP contribution in [-0.4, -0.2) is 39.1 Å². The summed E-state index contributed by atoms with van der Waals surface area (Å²) in [6.07, 6.45) is -3.66. The Bertz CT molecular complexity index is 1040. The molecule has 3 atom stereocenters. The van der Waals surface area contributed by atoms with E-state index in [0.717, 1.165) is 27.8 Å². The topological polar surface area (TPSA) is 89.9 Å². The fourth-order valence-corrected chi connectivity index (χ4v) is 4.39. The summed E-state index contributed by atoms with van der Waals surface area (Å²) in [6, 6.07) is 17.0. The second-order valence-corrected chi connectivity index (χ2v) is 8.50. The molecule has 3 N–H and O–H groups in total. The molecule has 31 heavy (non-hydrogen) atoms. The minimum absolute atomic E-state index is 0.354. The summed E-state index contributed by atoms with van der Waals surface area (Å²) in [5.74, 6) is -1.45. The van der Waals surface area contributed by atoms with Crippen LogP contribution >= 0.6 is 11.3 Å². The van der Waals surface area contributed by atoms with Crippen molar-refractivity contribution in [3.05, 3.63) is 82.0 Å². The van der Waals surface area contributed by atoms with Crippen molar-refractivity contribution >= 4 is 23.2 Å². The molecule has 2 aromatic carbocycles. The lowest BCUT2D eigenvalue weighted by Crippen LogP contribution is -2.50. The number of hydrogen-bond acceptors (Lipinski definition) is 5. The Labute approximate surface area is 184 Å². The van der Waals surface area contributed by atoms with Gasteiger partial charge in [0.2, 0.25) is 0 Å². The number of fused-ring (bicyclic) bond motifs is 1. The number of benzene rings is 2. The van der Waals surface area contributed by atoms with Crippen molar-refractivity contribution in [1.82, 2.24) is 10.2 Å². The molecule has 0 spiro atoms. The van der Waals surface area contributed by atoms with Gasteiger partial charge in [-0.2, -0.15) is 11.3 Å². The molecule has 2 amide bonds. The number of amides is 2. The molecule has 160 valence electrons. The Morgan fingerprint density at radius 3 is 2.16 bits per heavy atom. The Balaban J connectivity index is 1.35. The third-order valence-electron chi connectivity index (χ3n) is 5.60.